The third kappa shape index (κ3) is 3.20. The van der Waals surface area contributed by atoms with Crippen molar-refractivity contribution < 1.29 is 17.6 Å². The van der Waals surface area contributed by atoms with Gasteiger partial charge in [-0.2, -0.15) is 13.2 Å². The normalized spacial score (nSPS) is 15.9. The van der Waals surface area contributed by atoms with Gasteiger partial charge in [-0.3, -0.25) is 0 Å². The number of rotatable bonds is 3. The Kier molecular flexibility index (Phi) is 3.57. The largest absolute Gasteiger partial charge is 0.416 e. The highest BCUT2D eigenvalue weighted by Gasteiger charge is 2.35. The summed E-state index contributed by atoms with van der Waals surface area (Å²) in [6, 6.07) is 4.96. The van der Waals surface area contributed by atoms with Gasteiger partial charge in [0.1, 0.15) is 5.67 Å². The molecule has 0 saturated heterocycles. The average Bonchev–Trinajstić information content (AvgIpc) is 2.16. The molecular weight excluding hydrogens is 222 g/mol. The Hall–Kier alpha value is -1.10. The second kappa shape index (κ2) is 4.41. The first-order valence-electron chi connectivity index (χ1n) is 4.80. The minimum Gasteiger partial charge on any atom is -0.328 e. The second-order valence-corrected chi connectivity index (χ2v) is 3.95. The van der Waals surface area contributed by atoms with E-state index in [4.69, 9.17) is 5.73 Å². The number of hydrogen-bond acceptors (Lipinski definition) is 1. The standard InChI is InChI=1S/C11H13F4N/c1-10(12,7-16)6-8-4-2-3-5-9(8)11(13,14)15/h2-5H,6-7,16H2,1H3. The molecule has 1 nitrogen and oxygen atoms in total. The van der Waals surface area contributed by atoms with Gasteiger partial charge in [0.15, 0.2) is 0 Å². The van der Waals surface area contributed by atoms with E-state index >= 15 is 0 Å². The molecule has 0 aliphatic rings. The number of benzene rings is 1. The van der Waals surface area contributed by atoms with Crippen LogP contribution in [0.2, 0.25) is 0 Å². The molecule has 0 fully saturated rings. The predicted molar refractivity (Wildman–Crippen MR) is 53.7 cm³/mol. The number of halogens is 4. The number of hydrogen-bond donors (Lipinski definition) is 1. The molecule has 16 heavy (non-hydrogen) atoms. The van der Waals surface area contributed by atoms with Crippen LogP contribution >= 0.6 is 0 Å². The molecule has 0 heterocycles. The Morgan fingerprint density at radius 2 is 1.69 bits per heavy atom. The Morgan fingerprint density at radius 1 is 1.12 bits per heavy atom. The third-order valence-corrected chi connectivity index (χ3v) is 2.31. The fourth-order valence-corrected chi connectivity index (χ4v) is 1.42. The Labute approximate surface area is 91.3 Å². The maximum absolute atomic E-state index is 13.6. The molecule has 5 heteroatoms. The molecule has 1 unspecified atom stereocenters. The van der Waals surface area contributed by atoms with Crippen LogP contribution in [0.15, 0.2) is 24.3 Å². The van der Waals surface area contributed by atoms with Crippen LogP contribution in [0.5, 0.6) is 0 Å². The summed E-state index contributed by atoms with van der Waals surface area (Å²) in [6.07, 6.45) is -4.79. The first-order chi connectivity index (χ1) is 7.26. The average molecular weight is 235 g/mol. The molecule has 0 radical (unpaired) electrons. The molecule has 0 saturated carbocycles. The molecule has 1 aromatic carbocycles. The lowest BCUT2D eigenvalue weighted by atomic mass is 9.94. The lowest BCUT2D eigenvalue weighted by Crippen LogP contribution is -2.32. The smallest absolute Gasteiger partial charge is 0.328 e. The minimum absolute atomic E-state index is 0.0644. The molecule has 90 valence electrons. The summed E-state index contributed by atoms with van der Waals surface area (Å²) in [6.45, 7) is 0.888. The van der Waals surface area contributed by atoms with E-state index in [9.17, 15) is 17.6 Å². The summed E-state index contributed by atoms with van der Waals surface area (Å²) in [5.41, 5.74) is 2.48. The van der Waals surface area contributed by atoms with Crippen molar-refractivity contribution in [3.63, 3.8) is 0 Å². The molecular formula is C11H13F4N. The van der Waals surface area contributed by atoms with E-state index in [-0.39, 0.29) is 18.5 Å². The molecule has 1 aromatic rings. The topological polar surface area (TPSA) is 26.0 Å². The monoisotopic (exact) mass is 235 g/mol. The summed E-state index contributed by atoms with van der Waals surface area (Å²) < 4.78 is 51.3. The fraction of sp³-hybridized carbons (Fsp3) is 0.455. The van der Waals surface area contributed by atoms with Crippen molar-refractivity contribution in [1.82, 2.24) is 0 Å². The highest BCUT2D eigenvalue weighted by molar-refractivity contribution is 5.30. The first kappa shape index (κ1) is 13.0. The highest BCUT2D eigenvalue weighted by atomic mass is 19.4. The summed E-state index contributed by atoms with van der Waals surface area (Å²) >= 11 is 0. The van der Waals surface area contributed by atoms with Crippen LogP contribution < -0.4 is 5.73 Å². The highest BCUT2D eigenvalue weighted by Crippen LogP contribution is 2.33. The van der Waals surface area contributed by atoms with Crippen molar-refractivity contribution in [2.45, 2.75) is 25.2 Å². The van der Waals surface area contributed by atoms with Gasteiger partial charge in [-0.05, 0) is 18.6 Å². The van der Waals surface area contributed by atoms with E-state index in [2.05, 4.69) is 0 Å². The molecule has 0 bridgehead atoms. The summed E-state index contributed by atoms with van der Waals surface area (Å²) in [5, 5.41) is 0. The van der Waals surface area contributed by atoms with Crippen molar-refractivity contribution >= 4 is 0 Å². The Morgan fingerprint density at radius 3 is 2.19 bits per heavy atom. The molecule has 2 N–H and O–H groups in total. The van der Waals surface area contributed by atoms with Crippen molar-refractivity contribution in [1.29, 1.82) is 0 Å². The van der Waals surface area contributed by atoms with Crippen LogP contribution in [0.3, 0.4) is 0 Å². The van der Waals surface area contributed by atoms with Gasteiger partial charge in [0.05, 0.1) is 5.56 Å². The van der Waals surface area contributed by atoms with E-state index in [0.29, 0.717) is 0 Å². The zero-order chi connectivity index (χ0) is 12.4. The van der Waals surface area contributed by atoms with Crippen molar-refractivity contribution in [2.75, 3.05) is 6.54 Å². The van der Waals surface area contributed by atoms with E-state index in [1.165, 1.54) is 25.1 Å². The molecule has 0 amide bonds. The summed E-state index contributed by atoms with van der Waals surface area (Å²) in [5.74, 6) is 0. The quantitative estimate of drug-likeness (QED) is 0.801. The van der Waals surface area contributed by atoms with Crippen molar-refractivity contribution in [3.8, 4) is 0 Å². The van der Waals surface area contributed by atoms with Gasteiger partial charge in [0.2, 0.25) is 0 Å². The van der Waals surface area contributed by atoms with E-state index in [1.54, 1.807) is 0 Å². The van der Waals surface area contributed by atoms with Crippen LogP contribution in [-0.4, -0.2) is 12.2 Å². The minimum atomic E-state index is -4.46. The van der Waals surface area contributed by atoms with Crippen LogP contribution in [0, 0.1) is 0 Å². The molecule has 1 rings (SSSR count). The molecule has 0 aliphatic carbocycles. The summed E-state index contributed by atoms with van der Waals surface area (Å²) in [4.78, 5) is 0. The SMILES string of the molecule is CC(F)(CN)Cc1ccccc1C(F)(F)F. The van der Waals surface area contributed by atoms with Crippen molar-refractivity contribution in [2.24, 2.45) is 5.73 Å². The van der Waals surface area contributed by atoms with Crippen LogP contribution in [0.25, 0.3) is 0 Å². The van der Waals surface area contributed by atoms with Crippen LogP contribution in [0.1, 0.15) is 18.1 Å². The lowest BCUT2D eigenvalue weighted by Gasteiger charge is -2.20. The Bertz CT molecular complexity index is 357. The van der Waals surface area contributed by atoms with Gasteiger partial charge >= 0.3 is 6.18 Å². The van der Waals surface area contributed by atoms with E-state index < -0.39 is 17.4 Å². The maximum Gasteiger partial charge on any atom is 0.416 e. The zero-order valence-corrected chi connectivity index (χ0v) is 8.81. The number of alkyl halides is 4. The van der Waals surface area contributed by atoms with E-state index in [0.717, 1.165) is 6.07 Å². The Balaban J connectivity index is 3.06. The molecule has 0 aromatic heterocycles. The van der Waals surface area contributed by atoms with Crippen molar-refractivity contribution in [3.05, 3.63) is 35.4 Å². The van der Waals surface area contributed by atoms with Crippen LogP contribution in [-0.2, 0) is 12.6 Å². The predicted octanol–water partition coefficient (Wildman–Crippen LogP) is 2.93. The molecule has 1 atom stereocenters. The number of nitrogens with two attached hydrogens (primary N) is 1. The van der Waals surface area contributed by atoms with Crippen LogP contribution in [0.4, 0.5) is 17.6 Å². The molecule has 0 spiro atoms. The van der Waals surface area contributed by atoms with Gasteiger partial charge < -0.3 is 5.73 Å². The van der Waals surface area contributed by atoms with Gasteiger partial charge in [-0.15, -0.1) is 0 Å². The second-order valence-electron chi connectivity index (χ2n) is 3.95. The zero-order valence-electron chi connectivity index (χ0n) is 8.81. The lowest BCUT2D eigenvalue weighted by molar-refractivity contribution is -0.138. The summed E-state index contributed by atoms with van der Waals surface area (Å²) in [7, 11) is 0. The van der Waals surface area contributed by atoms with Gasteiger partial charge in [0.25, 0.3) is 0 Å². The third-order valence-electron chi connectivity index (χ3n) is 2.31. The maximum atomic E-state index is 13.6. The van der Waals surface area contributed by atoms with Gasteiger partial charge in [-0.25, -0.2) is 4.39 Å². The van der Waals surface area contributed by atoms with Gasteiger partial charge in [0, 0.05) is 13.0 Å². The fourth-order valence-electron chi connectivity index (χ4n) is 1.42. The first-order valence-corrected chi connectivity index (χ1v) is 4.80. The molecule has 0 aliphatic heterocycles. The van der Waals surface area contributed by atoms with E-state index in [1.807, 2.05) is 0 Å². The van der Waals surface area contributed by atoms with Gasteiger partial charge in [-0.1, -0.05) is 18.2 Å².